The van der Waals surface area contributed by atoms with Crippen LogP contribution in [0, 0.1) is 0 Å². The monoisotopic (exact) mass is 263 g/mol. The highest BCUT2D eigenvalue weighted by molar-refractivity contribution is 5.43. The third-order valence-corrected chi connectivity index (χ3v) is 4.22. The summed E-state index contributed by atoms with van der Waals surface area (Å²) in [7, 11) is 5.53. The molecule has 1 saturated carbocycles. The predicted molar refractivity (Wildman–Crippen MR) is 78.2 cm³/mol. The van der Waals surface area contributed by atoms with Crippen molar-refractivity contribution in [2.75, 3.05) is 21.3 Å². The highest BCUT2D eigenvalue weighted by Crippen LogP contribution is 2.38. The number of likely N-dealkylation sites (N-methyl/N-ethyl adjacent to an activating group) is 1. The van der Waals surface area contributed by atoms with Crippen LogP contribution < -0.4 is 14.8 Å². The molecule has 2 unspecified atom stereocenters. The minimum absolute atomic E-state index is 0.512. The molecule has 106 valence electrons. The molecule has 19 heavy (non-hydrogen) atoms. The van der Waals surface area contributed by atoms with Crippen LogP contribution in [-0.4, -0.2) is 27.3 Å². The van der Waals surface area contributed by atoms with Gasteiger partial charge in [0.25, 0.3) is 0 Å². The summed E-state index contributed by atoms with van der Waals surface area (Å²) in [4.78, 5) is 0. The zero-order chi connectivity index (χ0) is 13.7. The standard InChI is InChI=1S/C16H25NO2/c1-17-15-8-6-4-5-7-13(15)14-11-12(18-2)9-10-16(14)19-3/h9-11,13,15,17H,4-8H2,1-3H3. The molecule has 1 fully saturated rings. The lowest BCUT2D eigenvalue weighted by atomic mass is 9.87. The molecule has 3 heteroatoms. The van der Waals surface area contributed by atoms with Crippen LogP contribution in [0.25, 0.3) is 0 Å². The summed E-state index contributed by atoms with van der Waals surface area (Å²) >= 11 is 0. The Hall–Kier alpha value is -1.22. The molecular formula is C16H25NO2. The molecule has 1 aliphatic rings. The maximum atomic E-state index is 5.55. The zero-order valence-electron chi connectivity index (χ0n) is 12.2. The Balaban J connectivity index is 2.35. The fraction of sp³-hybridized carbons (Fsp3) is 0.625. The van der Waals surface area contributed by atoms with E-state index in [1.807, 2.05) is 12.1 Å². The Morgan fingerprint density at radius 1 is 1.05 bits per heavy atom. The fourth-order valence-corrected chi connectivity index (χ4v) is 3.15. The SMILES string of the molecule is CNC1CCCCCC1c1cc(OC)ccc1OC. The number of ether oxygens (including phenoxy) is 2. The van der Waals surface area contributed by atoms with Gasteiger partial charge in [0, 0.05) is 17.5 Å². The second-order valence-electron chi connectivity index (χ2n) is 5.25. The van der Waals surface area contributed by atoms with E-state index in [0.717, 1.165) is 11.5 Å². The summed E-state index contributed by atoms with van der Waals surface area (Å²) in [6.45, 7) is 0. The molecule has 0 radical (unpaired) electrons. The zero-order valence-corrected chi connectivity index (χ0v) is 12.2. The van der Waals surface area contributed by atoms with E-state index in [-0.39, 0.29) is 0 Å². The van der Waals surface area contributed by atoms with Crippen LogP contribution in [0.1, 0.15) is 43.6 Å². The van der Waals surface area contributed by atoms with Gasteiger partial charge >= 0.3 is 0 Å². The van der Waals surface area contributed by atoms with Crippen molar-refractivity contribution < 1.29 is 9.47 Å². The third kappa shape index (κ3) is 3.21. The van der Waals surface area contributed by atoms with Crippen molar-refractivity contribution in [1.82, 2.24) is 5.32 Å². The van der Waals surface area contributed by atoms with E-state index in [2.05, 4.69) is 18.4 Å². The summed E-state index contributed by atoms with van der Waals surface area (Å²) in [5, 5.41) is 3.48. The summed E-state index contributed by atoms with van der Waals surface area (Å²) in [6.07, 6.45) is 6.40. The average Bonchev–Trinajstić information content (AvgIpc) is 2.71. The molecule has 1 N–H and O–H groups in total. The third-order valence-electron chi connectivity index (χ3n) is 4.22. The highest BCUT2D eigenvalue weighted by Gasteiger charge is 2.26. The molecule has 0 aromatic heterocycles. The second kappa shape index (κ2) is 6.80. The van der Waals surface area contributed by atoms with Crippen molar-refractivity contribution >= 4 is 0 Å². The van der Waals surface area contributed by atoms with E-state index >= 15 is 0 Å². The van der Waals surface area contributed by atoms with Gasteiger partial charge in [0.1, 0.15) is 11.5 Å². The number of nitrogens with one attached hydrogen (secondary N) is 1. The summed E-state index contributed by atoms with van der Waals surface area (Å²) in [6, 6.07) is 6.65. The first-order chi connectivity index (χ1) is 9.30. The van der Waals surface area contributed by atoms with Gasteiger partial charge in [-0.3, -0.25) is 0 Å². The van der Waals surface area contributed by atoms with Crippen molar-refractivity contribution in [3.05, 3.63) is 23.8 Å². The Kier molecular flexibility index (Phi) is 5.08. The van der Waals surface area contributed by atoms with Gasteiger partial charge in [0.15, 0.2) is 0 Å². The molecule has 0 saturated heterocycles. The van der Waals surface area contributed by atoms with Gasteiger partial charge in [-0.05, 0) is 38.1 Å². The molecule has 1 aromatic carbocycles. The molecule has 0 aliphatic heterocycles. The lowest BCUT2D eigenvalue weighted by Gasteiger charge is -2.27. The summed E-state index contributed by atoms with van der Waals surface area (Å²) in [5.74, 6) is 2.40. The van der Waals surface area contributed by atoms with Crippen LogP contribution in [0.5, 0.6) is 11.5 Å². The van der Waals surface area contributed by atoms with E-state index in [1.165, 1.54) is 37.7 Å². The van der Waals surface area contributed by atoms with Gasteiger partial charge < -0.3 is 14.8 Å². The number of hydrogen-bond donors (Lipinski definition) is 1. The second-order valence-corrected chi connectivity index (χ2v) is 5.25. The molecule has 3 nitrogen and oxygen atoms in total. The molecule has 0 bridgehead atoms. The van der Waals surface area contributed by atoms with Gasteiger partial charge in [0.2, 0.25) is 0 Å². The lowest BCUT2D eigenvalue weighted by Crippen LogP contribution is -2.31. The Morgan fingerprint density at radius 3 is 2.53 bits per heavy atom. The first-order valence-electron chi connectivity index (χ1n) is 7.19. The average molecular weight is 263 g/mol. The maximum Gasteiger partial charge on any atom is 0.122 e. The highest BCUT2D eigenvalue weighted by atomic mass is 16.5. The first kappa shape index (κ1) is 14.2. The van der Waals surface area contributed by atoms with Gasteiger partial charge in [-0.2, -0.15) is 0 Å². The van der Waals surface area contributed by atoms with Crippen LogP contribution in [0.15, 0.2) is 18.2 Å². The number of methoxy groups -OCH3 is 2. The van der Waals surface area contributed by atoms with Gasteiger partial charge in [-0.25, -0.2) is 0 Å². The van der Waals surface area contributed by atoms with Crippen molar-refractivity contribution in [2.45, 2.75) is 44.1 Å². The van der Waals surface area contributed by atoms with Crippen molar-refractivity contribution in [2.24, 2.45) is 0 Å². The van der Waals surface area contributed by atoms with E-state index in [0.29, 0.717) is 12.0 Å². The minimum atomic E-state index is 0.512. The summed E-state index contributed by atoms with van der Waals surface area (Å²) in [5.41, 5.74) is 1.28. The smallest absolute Gasteiger partial charge is 0.122 e. The first-order valence-corrected chi connectivity index (χ1v) is 7.19. The Bertz CT molecular complexity index is 406. The Labute approximate surface area is 116 Å². The molecular weight excluding hydrogens is 238 g/mol. The number of benzene rings is 1. The molecule has 1 aliphatic carbocycles. The molecule has 0 spiro atoms. The number of rotatable bonds is 4. The van der Waals surface area contributed by atoms with E-state index in [9.17, 15) is 0 Å². The van der Waals surface area contributed by atoms with Crippen LogP contribution >= 0.6 is 0 Å². The Morgan fingerprint density at radius 2 is 1.84 bits per heavy atom. The van der Waals surface area contributed by atoms with Crippen molar-refractivity contribution in [3.63, 3.8) is 0 Å². The molecule has 0 heterocycles. The summed E-state index contributed by atoms with van der Waals surface area (Å²) < 4.78 is 10.9. The van der Waals surface area contributed by atoms with Gasteiger partial charge in [0.05, 0.1) is 14.2 Å². The van der Waals surface area contributed by atoms with Gasteiger partial charge in [-0.1, -0.05) is 19.3 Å². The predicted octanol–water partition coefficient (Wildman–Crippen LogP) is 3.34. The van der Waals surface area contributed by atoms with E-state index in [1.54, 1.807) is 14.2 Å². The van der Waals surface area contributed by atoms with Crippen LogP contribution in [0.3, 0.4) is 0 Å². The van der Waals surface area contributed by atoms with E-state index < -0.39 is 0 Å². The van der Waals surface area contributed by atoms with Crippen LogP contribution in [0.4, 0.5) is 0 Å². The molecule has 1 aromatic rings. The van der Waals surface area contributed by atoms with E-state index in [4.69, 9.17) is 9.47 Å². The van der Waals surface area contributed by atoms with Crippen LogP contribution in [0.2, 0.25) is 0 Å². The molecule has 2 atom stereocenters. The molecule has 2 rings (SSSR count). The normalized spacial score (nSPS) is 23.7. The van der Waals surface area contributed by atoms with Crippen molar-refractivity contribution in [3.8, 4) is 11.5 Å². The number of hydrogen-bond acceptors (Lipinski definition) is 3. The fourth-order valence-electron chi connectivity index (χ4n) is 3.15. The topological polar surface area (TPSA) is 30.5 Å². The van der Waals surface area contributed by atoms with Crippen molar-refractivity contribution in [1.29, 1.82) is 0 Å². The quantitative estimate of drug-likeness (QED) is 0.845. The lowest BCUT2D eigenvalue weighted by molar-refractivity contribution is 0.378. The van der Waals surface area contributed by atoms with Crippen LogP contribution in [-0.2, 0) is 0 Å². The minimum Gasteiger partial charge on any atom is -0.497 e. The molecule has 0 amide bonds. The largest absolute Gasteiger partial charge is 0.497 e. The van der Waals surface area contributed by atoms with Gasteiger partial charge in [-0.15, -0.1) is 0 Å². The maximum absolute atomic E-state index is 5.55.